The molecule has 0 unspecified atom stereocenters. The summed E-state index contributed by atoms with van der Waals surface area (Å²) < 4.78 is 14.0. The Morgan fingerprint density at radius 1 is 1.05 bits per heavy atom. The van der Waals surface area contributed by atoms with Crippen LogP contribution < -0.4 is 9.63 Å². The minimum Gasteiger partial charge on any atom is -0.350 e. The molecule has 0 radical (unpaired) electrons. The Hall–Kier alpha value is -2.63. The van der Waals surface area contributed by atoms with Crippen LogP contribution in [0.15, 0.2) is 48.7 Å². The highest BCUT2D eigenvalue weighted by Gasteiger charge is 2.28. The fraction of sp³-hybridized carbons (Fsp3) is 0.250. The maximum atomic E-state index is 12.9. The number of aromatic nitrogens is 1. The van der Waals surface area contributed by atoms with Crippen LogP contribution in [0, 0.1) is 5.82 Å². The molecule has 1 aliphatic rings. The molecular formula is C16H17FN3O2+. The first-order valence-electron chi connectivity index (χ1n) is 7.15. The zero-order chi connectivity index (χ0) is 15.5. The fourth-order valence-corrected chi connectivity index (χ4v) is 2.59. The molecule has 3 rings (SSSR count). The highest BCUT2D eigenvalue weighted by atomic mass is 19.1. The van der Waals surface area contributed by atoms with E-state index in [0.717, 1.165) is 4.73 Å². The van der Waals surface area contributed by atoms with E-state index in [1.165, 1.54) is 24.3 Å². The Balaban J connectivity index is 1.65. The lowest BCUT2D eigenvalue weighted by atomic mass is 10.2. The van der Waals surface area contributed by atoms with Crippen molar-refractivity contribution in [2.75, 3.05) is 31.1 Å². The van der Waals surface area contributed by atoms with Crippen molar-refractivity contribution in [1.29, 1.82) is 0 Å². The summed E-state index contributed by atoms with van der Waals surface area (Å²) >= 11 is 0. The maximum Gasteiger partial charge on any atom is 0.316 e. The van der Waals surface area contributed by atoms with Crippen molar-refractivity contribution in [3.05, 3.63) is 60.0 Å². The summed E-state index contributed by atoms with van der Waals surface area (Å²) in [6.45, 7) is 2.39. The molecule has 2 aromatic rings. The van der Waals surface area contributed by atoms with Gasteiger partial charge in [-0.1, -0.05) is 10.8 Å². The number of piperazine rings is 1. The summed E-state index contributed by atoms with van der Waals surface area (Å²) in [5.41, 5.74) is 0.492. The van der Waals surface area contributed by atoms with Crippen LogP contribution in [0.3, 0.4) is 0 Å². The van der Waals surface area contributed by atoms with Crippen molar-refractivity contribution >= 4 is 11.7 Å². The predicted molar refractivity (Wildman–Crippen MR) is 78.3 cm³/mol. The van der Waals surface area contributed by atoms with Crippen LogP contribution in [0.1, 0.15) is 10.4 Å². The molecule has 0 bridgehead atoms. The summed E-state index contributed by atoms with van der Waals surface area (Å²) in [6, 6.07) is 11.0. The average Bonchev–Trinajstić information content (AvgIpc) is 2.56. The third kappa shape index (κ3) is 2.86. The van der Waals surface area contributed by atoms with Gasteiger partial charge in [0, 0.05) is 11.6 Å². The number of amides is 1. The summed E-state index contributed by atoms with van der Waals surface area (Å²) in [5.74, 6) is 0.263. The number of rotatable bonds is 2. The summed E-state index contributed by atoms with van der Waals surface area (Å²) in [6.07, 6.45) is 1.57. The van der Waals surface area contributed by atoms with Gasteiger partial charge >= 0.3 is 5.82 Å². The minimum absolute atomic E-state index is 0.0930. The van der Waals surface area contributed by atoms with E-state index in [9.17, 15) is 14.4 Å². The molecule has 1 aromatic heterocycles. The number of hydrogen-bond donors (Lipinski definition) is 1. The quantitative estimate of drug-likeness (QED) is 0.672. The van der Waals surface area contributed by atoms with E-state index in [2.05, 4.69) is 0 Å². The molecule has 0 aliphatic carbocycles. The first-order valence-corrected chi connectivity index (χ1v) is 7.15. The zero-order valence-corrected chi connectivity index (χ0v) is 12.0. The van der Waals surface area contributed by atoms with Gasteiger partial charge in [0.25, 0.3) is 5.91 Å². The van der Waals surface area contributed by atoms with Gasteiger partial charge < -0.3 is 10.1 Å². The van der Waals surface area contributed by atoms with Crippen LogP contribution in [-0.2, 0) is 0 Å². The molecule has 22 heavy (non-hydrogen) atoms. The second-order valence-electron chi connectivity index (χ2n) is 5.19. The van der Waals surface area contributed by atoms with Gasteiger partial charge in [0.15, 0.2) is 0 Å². The maximum absolute atomic E-state index is 12.9. The summed E-state index contributed by atoms with van der Waals surface area (Å²) in [7, 11) is 0. The summed E-state index contributed by atoms with van der Waals surface area (Å²) in [5, 5.41) is 9.80. The third-order valence-electron chi connectivity index (χ3n) is 3.80. The molecule has 1 aliphatic heterocycles. The van der Waals surface area contributed by atoms with E-state index in [-0.39, 0.29) is 11.7 Å². The molecule has 114 valence electrons. The second kappa shape index (κ2) is 6.01. The van der Waals surface area contributed by atoms with Crippen LogP contribution in [-0.4, -0.2) is 42.2 Å². The Kier molecular flexibility index (Phi) is 3.91. The Morgan fingerprint density at radius 3 is 2.36 bits per heavy atom. The number of nitrogens with zero attached hydrogens (tertiary/aromatic N) is 3. The number of carbonyl (C=O) groups is 1. The molecule has 5 nitrogen and oxygen atoms in total. The van der Waals surface area contributed by atoms with E-state index in [1.54, 1.807) is 17.2 Å². The first kappa shape index (κ1) is 14.3. The topological polar surface area (TPSA) is 47.7 Å². The van der Waals surface area contributed by atoms with E-state index in [4.69, 9.17) is 0 Å². The number of pyridine rings is 1. The standard InChI is InChI=1S/C16H17FN3O2/c17-14-6-4-13(5-7-14)16(21)19-11-9-18(10-12-19)15-3-1-2-8-20(15)22/h1-8,22H,9-12H2/q+1. The van der Waals surface area contributed by atoms with Crippen molar-refractivity contribution in [2.45, 2.75) is 0 Å². The Labute approximate surface area is 127 Å². The minimum atomic E-state index is -0.349. The molecular weight excluding hydrogens is 285 g/mol. The van der Waals surface area contributed by atoms with Gasteiger partial charge in [-0.2, -0.15) is 0 Å². The fourth-order valence-electron chi connectivity index (χ4n) is 2.59. The molecule has 1 N–H and O–H groups in total. The normalized spacial score (nSPS) is 15.0. The Bertz CT molecular complexity index is 667. The lowest BCUT2D eigenvalue weighted by Crippen LogP contribution is -2.52. The van der Waals surface area contributed by atoms with Crippen molar-refractivity contribution in [3.8, 4) is 0 Å². The lowest BCUT2D eigenvalue weighted by Gasteiger charge is -2.31. The van der Waals surface area contributed by atoms with Crippen LogP contribution in [0.2, 0.25) is 0 Å². The lowest BCUT2D eigenvalue weighted by molar-refractivity contribution is -0.894. The predicted octanol–water partition coefficient (Wildman–Crippen LogP) is 1.31. The van der Waals surface area contributed by atoms with E-state index < -0.39 is 0 Å². The van der Waals surface area contributed by atoms with Crippen LogP contribution in [0.25, 0.3) is 0 Å². The van der Waals surface area contributed by atoms with E-state index in [1.807, 2.05) is 17.0 Å². The van der Waals surface area contributed by atoms with Gasteiger partial charge in [-0.15, -0.1) is 0 Å². The van der Waals surface area contributed by atoms with Gasteiger partial charge in [0.1, 0.15) is 25.1 Å². The average molecular weight is 302 g/mol. The van der Waals surface area contributed by atoms with Crippen molar-refractivity contribution in [2.24, 2.45) is 0 Å². The molecule has 1 saturated heterocycles. The number of carbonyl (C=O) groups excluding carboxylic acids is 1. The van der Waals surface area contributed by atoms with Gasteiger partial charge in [0.2, 0.25) is 0 Å². The van der Waals surface area contributed by atoms with Gasteiger partial charge in [0.05, 0.1) is 13.1 Å². The third-order valence-corrected chi connectivity index (χ3v) is 3.80. The highest BCUT2D eigenvalue weighted by molar-refractivity contribution is 5.94. The van der Waals surface area contributed by atoms with Crippen molar-refractivity contribution in [1.82, 2.24) is 4.90 Å². The highest BCUT2D eigenvalue weighted by Crippen LogP contribution is 2.13. The molecule has 6 heteroatoms. The van der Waals surface area contributed by atoms with Gasteiger partial charge in [-0.3, -0.25) is 9.69 Å². The molecule has 0 spiro atoms. The van der Waals surface area contributed by atoms with E-state index in [0.29, 0.717) is 37.6 Å². The molecule has 2 heterocycles. The SMILES string of the molecule is O=C(c1ccc(F)cc1)N1CCN(c2cccc[n+]2O)CC1. The van der Waals surface area contributed by atoms with E-state index >= 15 is 0 Å². The largest absolute Gasteiger partial charge is 0.350 e. The van der Waals surface area contributed by atoms with Crippen LogP contribution >= 0.6 is 0 Å². The number of hydrogen-bond acceptors (Lipinski definition) is 3. The van der Waals surface area contributed by atoms with Crippen molar-refractivity contribution in [3.63, 3.8) is 0 Å². The van der Waals surface area contributed by atoms with Crippen LogP contribution in [0.4, 0.5) is 10.2 Å². The van der Waals surface area contributed by atoms with Crippen molar-refractivity contribution < 1.29 is 19.1 Å². The smallest absolute Gasteiger partial charge is 0.316 e. The van der Waals surface area contributed by atoms with Gasteiger partial charge in [-0.05, 0) is 30.3 Å². The first-order chi connectivity index (χ1) is 10.6. The number of benzene rings is 1. The molecule has 0 atom stereocenters. The molecule has 1 fully saturated rings. The number of halogens is 1. The van der Waals surface area contributed by atoms with Crippen LogP contribution in [0.5, 0.6) is 0 Å². The molecule has 0 saturated carbocycles. The molecule has 1 aromatic carbocycles. The monoisotopic (exact) mass is 302 g/mol. The zero-order valence-electron chi connectivity index (χ0n) is 12.0. The molecule has 1 amide bonds. The second-order valence-corrected chi connectivity index (χ2v) is 5.19. The van der Waals surface area contributed by atoms with Gasteiger partial charge in [-0.25, -0.2) is 4.39 Å². The number of anilines is 1. The Morgan fingerprint density at radius 2 is 1.73 bits per heavy atom. The summed E-state index contributed by atoms with van der Waals surface area (Å²) in [4.78, 5) is 16.1.